The van der Waals surface area contributed by atoms with Crippen molar-refractivity contribution in [3.05, 3.63) is 156 Å². The van der Waals surface area contributed by atoms with Gasteiger partial charge < -0.3 is 18.9 Å². The number of ether oxygens (including phenoxy) is 4. The van der Waals surface area contributed by atoms with Crippen molar-refractivity contribution in [3.63, 3.8) is 0 Å². The first kappa shape index (κ1) is 39.2. The quantitative estimate of drug-likeness (QED) is 0.0556. The van der Waals surface area contributed by atoms with Crippen LogP contribution in [0.2, 0.25) is 0 Å². The summed E-state index contributed by atoms with van der Waals surface area (Å²) in [4.78, 5) is 35.1. The fourth-order valence-electron chi connectivity index (χ4n) is 5.34. The number of fused-ring (bicyclic) bond motifs is 1. The van der Waals surface area contributed by atoms with Crippen LogP contribution in [0.25, 0.3) is 10.8 Å². The van der Waals surface area contributed by atoms with Crippen molar-refractivity contribution in [2.45, 2.75) is 40.5 Å². The molecule has 56 heavy (non-hydrogen) atoms. The molecule has 0 fully saturated rings. The summed E-state index contributed by atoms with van der Waals surface area (Å²) >= 11 is 0. The van der Waals surface area contributed by atoms with Gasteiger partial charge in [-0.25, -0.2) is 9.59 Å². The van der Waals surface area contributed by atoms with E-state index in [1.165, 1.54) is 0 Å². The molecule has 8 nitrogen and oxygen atoms in total. The summed E-state index contributed by atoms with van der Waals surface area (Å²) in [5, 5.41) is 1.65. The molecule has 0 saturated heterocycles. The number of carbonyl (C=O) groups excluding carboxylic acids is 2. The first-order valence-corrected chi connectivity index (χ1v) is 19.0. The van der Waals surface area contributed by atoms with Gasteiger partial charge in [-0.2, -0.15) is 0 Å². The van der Waals surface area contributed by atoms with Crippen LogP contribution in [0.5, 0.6) is 23.0 Å². The number of esters is 2. The Hall–Kier alpha value is -6.54. The van der Waals surface area contributed by atoms with Crippen LogP contribution in [-0.2, 0) is 0 Å². The summed E-state index contributed by atoms with van der Waals surface area (Å²) in [6, 6.07) is 40.0. The molecule has 0 N–H and O–H groups in total. The Morgan fingerprint density at radius 2 is 0.875 bits per heavy atom. The number of carbonyl (C=O) groups is 2. The van der Waals surface area contributed by atoms with Crippen molar-refractivity contribution in [1.82, 2.24) is 0 Å². The lowest BCUT2D eigenvalue weighted by atomic mass is 10.1. The Labute approximate surface area is 328 Å². The second-order valence-electron chi connectivity index (χ2n) is 13.8. The van der Waals surface area contributed by atoms with Gasteiger partial charge in [0.1, 0.15) is 23.0 Å². The molecular weight excluding hydrogens is 701 g/mol. The van der Waals surface area contributed by atoms with Gasteiger partial charge in [-0.1, -0.05) is 76.9 Å². The second kappa shape index (κ2) is 19.2. The zero-order valence-corrected chi connectivity index (χ0v) is 32.2. The van der Waals surface area contributed by atoms with Crippen molar-refractivity contribution in [3.8, 4) is 23.0 Å². The minimum absolute atomic E-state index is 0.372. The largest absolute Gasteiger partial charge is 0.493 e. The first-order valence-electron chi connectivity index (χ1n) is 19.0. The summed E-state index contributed by atoms with van der Waals surface area (Å²) in [6.07, 6.45) is 5.64. The number of benzene rings is 6. The highest BCUT2D eigenvalue weighted by molar-refractivity contribution is 5.95. The van der Waals surface area contributed by atoms with Crippen molar-refractivity contribution < 1.29 is 28.5 Å². The lowest BCUT2D eigenvalue weighted by Crippen LogP contribution is -2.09. The van der Waals surface area contributed by atoms with Gasteiger partial charge in [-0.05, 0) is 131 Å². The molecule has 0 aromatic heterocycles. The molecular formula is C48H46N2O6. The monoisotopic (exact) mass is 746 g/mol. The van der Waals surface area contributed by atoms with Crippen molar-refractivity contribution in [2.75, 3.05) is 13.2 Å². The molecule has 0 saturated carbocycles. The summed E-state index contributed by atoms with van der Waals surface area (Å²) in [5.74, 6) is 2.42. The van der Waals surface area contributed by atoms with Crippen LogP contribution in [0.4, 0.5) is 11.4 Å². The Morgan fingerprint density at radius 1 is 0.500 bits per heavy atom. The molecule has 6 rings (SSSR count). The molecule has 6 aromatic carbocycles. The smallest absolute Gasteiger partial charge is 0.343 e. The van der Waals surface area contributed by atoms with E-state index >= 15 is 0 Å². The van der Waals surface area contributed by atoms with E-state index in [0.29, 0.717) is 47.7 Å². The molecule has 0 aliphatic rings. The van der Waals surface area contributed by atoms with E-state index in [2.05, 4.69) is 37.7 Å². The van der Waals surface area contributed by atoms with E-state index in [1.54, 1.807) is 61.0 Å². The van der Waals surface area contributed by atoms with Crippen LogP contribution in [0.1, 0.15) is 72.4 Å². The zero-order valence-electron chi connectivity index (χ0n) is 32.2. The van der Waals surface area contributed by atoms with Crippen molar-refractivity contribution in [2.24, 2.45) is 21.8 Å². The van der Waals surface area contributed by atoms with Crippen molar-refractivity contribution >= 4 is 46.5 Å². The molecule has 8 heteroatoms. The van der Waals surface area contributed by atoms with E-state index in [0.717, 1.165) is 57.6 Å². The molecule has 0 aliphatic heterocycles. The second-order valence-corrected chi connectivity index (χ2v) is 13.8. The third-order valence-corrected chi connectivity index (χ3v) is 9.36. The molecule has 284 valence electrons. The third kappa shape index (κ3) is 11.2. The lowest BCUT2D eigenvalue weighted by molar-refractivity contribution is 0.0726. The lowest BCUT2D eigenvalue weighted by Gasteiger charge is -2.10. The van der Waals surface area contributed by atoms with Crippen LogP contribution in [-0.4, -0.2) is 37.6 Å². The minimum atomic E-state index is -0.489. The summed E-state index contributed by atoms with van der Waals surface area (Å²) in [6.45, 7) is 10.0. The van der Waals surface area contributed by atoms with E-state index in [9.17, 15) is 9.59 Å². The van der Waals surface area contributed by atoms with Gasteiger partial charge in [0.05, 0.1) is 35.7 Å². The SMILES string of the molecule is CC[C@H](C)COc1ccc(N=Cc2ccc(C(=O)Oc3ccc4ccc(OC(=O)c5ccc(C=Nc6ccc(OC[C@@H](C)CC)cc6)cc5)cc4c3)cc2)cc1. The average Bonchev–Trinajstić information content (AvgIpc) is 3.24. The third-order valence-electron chi connectivity index (χ3n) is 9.36. The standard InChI is InChI=1S/C48H46N2O6/c1-5-33(3)31-53-43-23-17-41(18-24-43)49-29-35-7-11-38(12-8-35)47(51)55-45-21-15-37-16-22-46(28-40(37)27-45)56-48(52)39-13-9-36(10-14-39)30-50-42-19-25-44(26-20-42)54-32-34(4)6-2/h7-30,33-34H,5-6,31-32H2,1-4H3/t33-,34-/m0/s1. The van der Waals surface area contributed by atoms with Gasteiger partial charge >= 0.3 is 11.9 Å². The first-order chi connectivity index (χ1) is 27.2. The van der Waals surface area contributed by atoms with E-state index in [4.69, 9.17) is 18.9 Å². The summed E-state index contributed by atoms with van der Waals surface area (Å²) in [5.41, 5.74) is 4.10. The average molecular weight is 747 g/mol. The van der Waals surface area contributed by atoms with Gasteiger partial charge in [0.25, 0.3) is 0 Å². The molecule has 0 aliphatic carbocycles. The van der Waals surface area contributed by atoms with Gasteiger partial charge in [-0.15, -0.1) is 0 Å². The Kier molecular flexibility index (Phi) is 13.4. The van der Waals surface area contributed by atoms with Gasteiger partial charge in [0.15, 0.2) is 0 Å². The predicted octanol–water partition coefficient (Wildman–Crippen LogP) is 11.6. The Bertz CT molecular complexity index is 2120. The highest BCUT2D eigenvalue weighted by Crippen LogP contribution is 2.27. The highest BCUT2D eigenvalue weighted by atomic mass is 16.5. The van der Waals surface area contributed by atoms with Crippen LogP contribution in [0.15, 0.2) is 143 Å². The number of aliphatic imine (C=N–C) groups is 2. The molecule has 0 spiro atoms. The topological polar surface area (TPSA) is 95.8 Å². The maximum atomic E-state index is 13.0. The molecule has 0 amide bonds. The molecule has 6 aromatic rings. The Balaban J connectivity index is 1.01. The van der Waals surface area contributed by atoms with E-state index in [1.807, 2.05) is 84.9 Å². The fourth-order valence-corrected chi connectivity index (χ4v) is 5.34. The molecule has 0 heterocycles. The van der Waals surface area contributed by atoms with Crippen molar-refractivity contribution in [1.29, 1.82) is 0 Å². The van der Waals surface area contributed by atoms with E-state index < -0.39 is 11.9 Å². The molecule has 0 bridgehead atoms. The van der Waals surface area contributed by atoms with Gasteiger partial charge in [0, 0.05) is 12.4 Å². The Morgan fingerprint density at radius 3 is 1.25 bits per heavy atom. The fraction of sp³-hybridized carbons (Fsp3) is 0.208. The molecule has 2 atom stereocenters. The summed E-state index contributed by atoms with van der Waals surface area (Å²) < 4.78 is 23.0. The predicted molar refractivity (Wildman–Crippen MR) is 224 cm³/mol. The minimum Gasteiger partial charge on any atom is -0.493 e. The normalized spacial score (nSPS) is 12.4. The summed E-state index contributed by atoms with van der Waals surface area (Å²) in [7, 11) is 0. The number of hydrogen-bond acceptors (Lipinski definition) is 8. The van der Waals surface area contributed by atoms with Crippen LogP contribution in [0.3, 0.4) is 0 Å². The number of hydrogen-bond donors (Lipinski definition) is 0. The number of nitrogens with zero attached hydrogens (tertiary/aromatic N) is 2. The van der Waals surface area contributed by atoms with E-state index in [-0.39, 0.29) is 0 Å². The molecule has 0 unspecified atom stereocenters. The maximum absolute atomic E-state index is 13.0. The highest BCUT2D eigenvalue weighted by Gasteiger charge is 2.12. The molecule has 0 radical (unpaired) electrons. The van der Waals surface area contributed by atoms with Crippen LogP contribution in [0, 0.1) is 11.8 Å². The van der Waals surface area contributed by atoms with Crippen LogP contribution < -0.4 is 18.9 Å². The zero-order chi connectivity index (χ0) is 39.3. The maximum Gasteiger partial charge on any atom is 0.343 e. The van der Waals surface area contributed by atoms with Gasteiger partial charge in [-0.3, -0.25) is 9.98 Å². The van der Waals surface area contributed by atoms with Gasteiger partial charge in [0.2, 0.25) is 0 Å². The van der Waals surface area contributed by atoms with Crippen LogP contribution >= 0.6 is 0 Å². The number of rotatable bonds is 16.